The maximum atomic E-state index is 5.91. The first-order chi connectivity index (χ1) is 7.46. The van der Waals surface area contributed by atoms with Gasteiger partial charge in [0, 0.05) is 35.6 Å². The Morgan fingerprint density at radius 1 is 1.19 bits per heavy atom. The summed E-state index contributed by atoms with van der Waals surface area (Å²) in [6.45, 7) is 7.31. The highest BCUT2D eigenvalue weighted by atomic mass is 15.0. The minimum atomic E-state index is 0.127. The number of hydrogen-bond donors (Lipinski definition) is 1. The number of aromatic nitrogens is 1. The third-order valence-corrected chi connectivity index (χ3v) is 3.13. The molecule has 0 amide bonds. The van der Waals surface area contributed by atoms with Gasteiger partial charge in [-0.1, -0.05) is 39.0 Å². The average Bonchev–Trinajstić information content (AvgIpc) is 2.51. The number of aryl methyl sites for hydroxylation is 1. The van der Waals surface area contributed by atoms with Gasteiger partial charge in [0.15, 0.2) is 0 Å². The molecule has 1 heterocycles. The maximum Gasteiger partial charge on any atom is 0.0483 e. The van der Waals surface area contributed by atoms with E-state index in [0.717, 1.165) is 0 Å². The summed E-state index contributed by atoms with van der Waals surface area (Å²) in [4.78, 5) is 0. The summed E-state index contributed by atoms with van der Waals surface area (Å²) < 4.78 is 2.28. The molecule has 2 nitrogen and oxygen atoms in total. The van der Waals surface area contributed by atoms with Crippen LogP contribution in [0.3, 0.4) is 0 Å². The first-order valence-electron chi connectivity index (χ1n) is 5.73. The molecule has 0 atom stereocenters. The van der Waals surface area contributed by atoms with Crippen molar-refractivity contribution >= 4 is 10.9 Å². The fraction of sp³-hybridized carbons (Fsp3) is 0.429. The summed E-state index contributed by atoms with van der Waals surface area (Å²) in [7, 11) is 2.13. The van der Waals surface area contributed by atoms with E-state index in [1.807, 2.05) is 0 Å². The molecule has 2 heteroatoms. The van der Waals surface area contributed by atoms with Crippen molar-refractivity contribution in [3.05, 3.63) is 35.5 Å². The molecule has 1 aromatic carbocycles. The molecule has 0 fully saturated rings. The van der Waals surface area contributed by atoms with Crippen LogP contribution in [0.25, 0.3) is 10.9 Å². The molecule has 2 N–H and O–H groups in total. The van der Waals surface area contributed by atoms with Gasteiger partial charge < -0.3 is 10.3 Å². The summed E-state index contributed by atoms with van der Waals surface area (Å²) in [5.41, 5.74) is 9.94. The van der Waals surface area contributed by atoms with E-state index in [2.05, 4.69) is 56.7 Å². The first-order valence-corrected chi connectivity index (χ1v) is 5.73. The molecule has 0 saturated heterocycles. The molecule has 0 aliphatic carbocycles. The molecule has 0 unspecified atom stereocenters. The van der Waals surface area contributed by atoms with Gasteiger partial charge in [0.2, 0.25) is 0 Å². The average molecular weight is 216 g/mol. The van der Waals surface area contributed by atoms with Gasteiger partial charge in [-0.05, 0) is 11.6 Å². The Morgan fingerprint density at radius 3 is 2.38 bits per heavy atom. The lowest BCUT2D eigenvalue weighted by Gasteiger charge is -2.22. The van der Waals surface area contributed by atoms with E-state index in [9.17, 15) is 0 Å². The van der Waals surface area contributed by atoms with E-state index < -0.39 is 0 Å². The Hall–Kier alpha value is -1.28. The van der Waals surface area contributed by atoms with Crippen LogP contribution in [-0.2, 0) is 19.0 Å². The number of para-hydroxylation sites is 1. The fourth-order valence-corrected chi connectivity index (χ4v) is 2.63. The smallest absolute Gasteiger partial charge is 0.0483 e. The van der Waals surface area contributed by atoms with Crippen molar-refractivity contribution in [1.29, 1.82) is 0 Å². The number of nitrogens with zero attached hydrogens (tertiary/aromatic N) is 1. The third kappa shape index (κ3) is 1.54. The van der Waals surface area contributed by atoms with E-state index in [4.69, 9.17) is 5.73 Å². The molecule has 0 aliphatic heterocycles. The molecule has 86 valence electrons. The van der Waals surface area contributed by atoms with Gasteiger partial charge in [-0.15, -0.1) is 0 Å². The zero-order valence-corrected chi connectivity index (χ0v) is 10.5. The van der Waals surface area contributed by atoms with Gasteiger partial charge in [0.05, 0.1) is 0 Å². The predicted molar refractivity (Wildman–Crippen MR) is 69.5 cm³/mol. The summed E-state index contributed by atoms with van der Waals surface area (Å²) in [5, 5.41) is 1.29. The highest BCUT2D eigenvalue weighted by molar-refractivity contribution is 5.85. The van der Waals surface area contributed by atoms with E-state index in [1.165, 1.54) is 22.2 Å². The Balaban J connectivity index is 2.87. The Bertz CT molecular complexity index is 515. The summed E-state index contributed by atoms with van der Waals surface area (Å²) in [6.07, 6.45) is 0. The van der Waals surface area contributed by atoms with Crippen LogP contribution < -0.4 is 5.73 Å². The molecule has 2 rings (SSSR count). The maximum absolute atomic E-state index is 5.91. The molecule has 0 saturated carbocycles. The van der Waals surface area contributed by atoms with Crippen molar-refractivity contribution in [3.63, 3.8) is 0 Å². The van der Waals surface area contributed by atoms with Gasteiger partial charge in [-0.25, -0.2) is 0 Å². The molecule has 0 radical (unpaired) electrons. The topological polar surface area (TPSA) is 30.9 Å². The number of hydrogen-bond acceptors (Lipinski definition) is 1. The second-order valence-corrected chi connectivity index (χ2v) is 5.36. The summed E-state index contributed by atoms with van der Waals surface area (Å²) in [6, 6.07) is 8.47. The van der Waals surface area contributed by atoms with E-state index in [1.54, 1.807) is 0 Å². The lowest BCUT2D eigenvalue weighted by atomic mass is 9.88. The standard InChI is InChI=1S/C14H20N2/c1-14(2,3)13-11(9-15)10-7-5-6-8-12(10)16(13)4/h5-8H,9,15H2,1-4H3. The molecular weight excluding hydrogens is 196 g/mol. The van der Waals surface area contributed by atoms with Crippen LogP contribution in [-0.4, -0.2) is 4.57 Å². The van der Waals surface area contributed by atoms with Crippen molar-refractivity contribution in [1.82, 2.24) is 4.57 Å². The lowest BCUT2D eigenvalue weighted by molar-refractivity contribution is 0.540. The molecule has 1 aromatic heterocycles. The van der Waals surface area contributed by atoms with Crippen molar-refractivity contribution < 1.29 is 0 Å². The molecule has 0 spiro atoms. The summed E-state index contributed by atoms with van der Waals surface area (Å²) >= 11 is 0. The van der Waals surface area contributed by atoms with Crippen LogP contribution >= 0.6 is 0 Å². The Labute approximate surface area is 97.1 Å². The van der Waals surface area contributed by atoms with Crippen LogP contribution in [0.5, 0.6) is 0 Å². The molecule has 0 bridgehead atoms. The van der Waals surface area contributed by atoms with Gasteiger partial charge >= 0.3 is 0 Å². The van der Waals surface area contributed by atoms with Crippen LogP contribution in [0, 0.1) is 0 Å². The number of rotatable bonds is 1. The third-order valence-electron chi connectivity index (χ3n) is 3.13. The largest absolute Gasteiger partial charge is 0.347 e. The number of fused-ring (bicyclic) bond motifs is 1. The van der Waals surface area contributed by atoms with Crippen molar-refractivity contribution in [2.75, 3.05) is 0 Å². The van der Waals surface area contributed by atoms with Crippen LogP contribution in [0.2, 0.25) is 0 Å². The zero-order valence-electron chi connectivity index (χ0n) is 10.5. The van der Waals surface area contributed by atoms with Crippen molar-refractivity contribution in [3.8, 4) is 0 Å². The van der Waals surface area contributed by atoms with Gasteiger partial charge in [0.1, 0.15) is 0 Å². The second kappa shape index (κ2) is 3.63. The second-order valence-electron chi connectivity index (χ2n) is 5.36. The monoisotopic (exact) mass is 216 g/mol. The number of benzene rings is 1. The van der Waals surface area contributed by atoms with Crippen molar-refractivity contribution in [2.24, 2.45) is 12.8 Å². The van der Waals surface area contributed by atoms with E-state index in [0.29, 0.717) is 6.54 Å². The lowest BCUT2D eigenvalue weighted by Crippen LogP contribution is -2.19. The SMILES string of the molecule is Cn1c(C(C)(C)C)c(CN)c2ccccc21. The van der Waals surface area contributed by atoms with Gasteiger partial charge in [-0.2, -0.15) is 0 Å². The molecule has 0 aliphatic rings. The van der Waals surface area contributed by atoms with Gasteiger partial charge in [-0.3, -0.25) is 0 Å². The van der Waals surface area contributed by atoms with Crippen molar-refractivity contribution in [2.45, 2.75) is 32.7 Å². The van der Waals surface area contributed by atoms with Gasteiger partial charge in [0.25, 0.3) is 0 Å². The van der Waals surface area contributed by atoms with E-state index >= 15 is 0 Å². The molecule has 16 heavy (non-hydrogen) atoms. The van der Waals surface area contributed by atoms with E-state index in [-0.39, 0.29) is 5.41 Å². The summed E-state index contributed by atoms with van der Waals surface area (Å²) in [5.74, 6) is 0. The number of nitrogens with two attached hydrogens (primary N) is 1. The zero-order chi connectivity index (χ0) is 11.9. The fourth-order valence-electron chi connectivity index (χ4n) is 2.63. The minimum absolute atomic E-state index is 0.127. The molecule has 2 aromatic rings. The normalized spacial score (nSPS) is 12.3. The minimum Gasteiger partial charge on any atom is -0.347 e. The highest BCUT2D eigenvalue weighted by Gasteiger charge is 2.23. The van der Waals surface area contributed by atoms with Crippen LogP contribution in [0.4, 0.5) is 0 Å². The quantitative estimate of drug-likeness (QED) is 0.780. The first kappa shape index (κ1) is 11.2. The Morgan fingerprint density at radius 2 is 1.81 bits per heavy atom. The molecular formula is C14H20N2. The van der Waals surface area contributed by atoms with Crippen LogP contribution in [0.1, 0.15) is 32.0 Å². The Kier molecular flexibility index (Phi) is 2.55. The highest BCUT2D eigenvalue weighted by Crippen LogP contribution is 2.33. The predicted octanol–water partition coefficient (Wildman–Crippen LogP) is 2.93. The van der Waals surface area contributed by atoms with Crippen LogP contribution in [0.15, 0.2) is 24.3 Å².